The van der Waals surface area contributed by atoms with Gasteiger partial charge in [0.25, 0.3) is 0 Å². The maximum atomic E-state index is 5.39. The van der Waals surface area contributed by atoms with Crippen molar-refractivity contribution in [3.05, 3.63) is 41.9 Å². The molecule has 0 amide bonds. The maximum absolute atomic E-state index is 5.39. The third-order valence-corrected chi connectivity index (χ3v) is 4.52. The maximum Gasteiger partial charge on any atom is 0.157 e. The second kappa shape index (κ2) is 7.88. The van der Waals surface area contributed by atoms with Crippen LogP contribution in [0.25, 0.3) is 11.0 Å². The molecule has 4 heterocycles. The largest absolute Gasteiger partial charge is 0.378 e. The number of ether oxygens (including phenoxy) is 1. The lowest BCUT2D eigenvalue weighted by atomic mass is 10.2. The number of aryl methyl sites for hydroxylation is 2. The van der Waals surface area contributed by atoms with Crippen molar-refractivity contribution in [2.75, 3.05) is 36.5 Å². The molecule has 1 saturated heterocycles. The Labute approximate surface area is 158 Å². The first-order valence-electron chi connectivity index (χ1n) is 8.51. The van der Waals surface area contributed by atoms with Crippen LogP contribution in [0.4, 0.5) is 11.5 Å². The van der Waals surface area contributed by atoms with Gasteiger partial charge in [-0.3, -0.25) is 4.68 Å². The van der Waals surface area contributed by atoms with Crippen LogP contribution >= 0.6 is 12.4 Å². The van der Waals surface area contributed by atoms with E-state index >= 15 is 0 Å². The molecule has 138 valence electrons. The highest BCUT2D eigenvalue weighted by atomic mass is 35.5. The van der Waals surface area contributed by atoms with Gasteiger partial charge in [-0.2, -0.15) is 5.10 Å². The van der Waals surface area contributed by atoms with E-state index in [-0.39, 0.29) is 12.4 Å². The van der Waals surface area contributed by atoms with Crippen molar-refractivity contribution < 1.29 is 4.74 Å². The van der Waals surface area contributed by atoms with Crippen molar-refractivity contribution in [3.63, 3.8) is 0 Å². The second-order valence-corrected chi connectivity index (χ2v) is 6.28. The van der Waals surface area contributed by atoms with E-state index in [1.54, 1.807) is 0 Å². The Morgan fingerprint density at radius 2 is 1.96 bits per heavy atom. The summed E-state index contributed by atoms with van der Waals surface area (Å²) in [5.74, 6) is 0.861. The molecule has 0 bridgehead atoms. The zero-order valence-electron chi connectivity index (χ0n) is 15.0. The van der Waals surface area contributed by atoms with Crippen LogP contribution in [0.1, 0.15) is 11.3 Å². The molecule has 0 saturated carbocycles. The van der Waals surface area contributed by atoms with Crippen molar-refractivity contribution >= 4 is 34.9 Å². The van der Waals surface area contributed by atoms with Crippen LogP contribution in [0.15, 0.2) is 30.6 Å². The molecule has 0 aliphatic carbocycles. The van der Waals surface area contributed by atoms with Crippen LogP contribution in [0.5, 0.6) is 0 Å². The van der Waals surface area contributed by atoms with Gasteiger partial charge in [-0.25, -0.2) is 9.97 Å². The van der Waals surface area contributed by atoms with E-state index in [1.807, 2.05) is 37.1 Å². The fraction of sp³-hybridized carbons (Fsp3) is 0.389. The van der Waals surface area contributed by atoms with Crippen molar-refractivity contribution in [3.8, 4) is 0 Å². The topological polar surface area (TPSA) is 68.1 Å². The molecule has 1 aliphatic heterocycles. The summed E-state index contributed by atoms with van der Waals surface area (Å²) in [6, 6.07) is 6.26. The molecule has 8 heteroatoms. The van der Waals surface area contributed by atoms with E-state index in [0.29, 0.717) is 6.54 Å². The summed E-state index contributed by atoms with van der Waals surface area (Å²) in [5.41, 5.74) is 4.17. The highest BCUT2D eigenvalue weighted by Gasteiger charge is 2.11. The average Bonchev–Trinajstić information content (AvgIpc) is 2.95. The van der Waals surface area contributed by atoms with Gasteiger partial charge in [0.2, 0.25) is 0 Å². The van der Waals surface area contributed by atoms with Gasteiger partial charge in [0.1, 0.15) is 5.82 Å². The molecule has 26 heavy (non-hydrogen) atoms. The van der Waals surface area contributed by atoms with Gasteiger partial charge >= 0.3 is 0 Å². The van der Waals surface area contributed by atoms with E-state index in [1.165, 1.54) is 0 Å². The van der Waals surface area contributed by atoms with Gasteiger partial charge in [-0.05, 0) is 30.7 Å². The summed E-state index contributed by atoms with van der Waals surface area (Å²) in [6.07, 6.45) is 3.80. The van der Waals surface area contributed by atoms with Crippen molar-refractivity contribution in [1.82, 2.24) is 19.7 Å². The molecule has 7 nitrogen and oxygen atoms in total. The monoisotopic (exact) mass is 374 g/mol. The summed E-state index contributed by atoms with van der Waals surface area (Å²) in [4.78, 5) is 11.3. The van der Waals surface area contributed by atoms with Gasteiger partial charge in [0.15, 0.2) is 5.65 Å². The molecular formula is C18H23ClN6O. The molecule has 1 aliphatic rings. The van der Waals surface area contributed by atoms with Crippen LogP contribution in [-0.4, -0.2) is 46.1 Å². The van der Waals surface area contributed by atoms with E-state index in [0.717, 1.165) is 60.1 Å². The van der Waals surface area contributed by atoms with E-state index in [4.69, 9.17) is 4.74 Å². The summed E-state index contributed by atoms with van der Waals surface area (Å²) in [5, 5.41) is 8.87. The van der Waals surface area contributed by atoms with Gasteiger partial charge in [0.05, 0.1) is 30.8 Å². The third kappa shape index (κ3) is 3.73. The van der Waals surface area contributed by atoms with Crippen LogP contribution < -0.4 is 10.2 Å². The van der Waals surface area contributed by atoms with E-state index in [2.05, 4.69) is 37.4 Å². The van der Waals surface area contributed by atoms with Crippen molar-refractivity contribution in [2.45, 2.75) is 13.5 Å². The number of rotatable bonds is 4. The van der Waals surface area contributed by atoms with Crippen molar-refractivity contribution in [1.29, 1.82) is 0 Å². The van der Waals surface area contributed by atoms with Gasteiger partial charge in [-0.15, -0.1) is 12.4 Å². The van der Waals surface area contributed by atoms with Crippen LogP contribution in [-0.2, 0) is 18.3 Å². The zero-order chi connectivity index (χ0) is 17.2. The predicted molar refractivity (Wildman–Crippen MR) is 105 cm³/mol. The molecule has 3 aromatic rings. The first-order chi connectivity index (χ1) is 12.2. The summed E-state index contributed by atoms with van der Waals surface area (Å²) in [6.45, 7) is 6.09. The van der Waals surface area contributed by atoms with Gasteiger partial charge in [-0.1, -0.05) is 0 Å². The number of hydrogen-bond donors (Lipinski definition) is 1. The molecular weight excluding hydrogens is 352 g/mol. The number of morpholine rings is 1. The third-order valence-electron chi connectivity index (χ3n) is 4.52. The molecule has 0 spiro atoms. The fourth-order valence-electron chi connectivity index (χ4n) is 3.14. The van der Waals surface area contributed by atoms with Crippen molar-refractivity contribution in [2.24, 2.45) is 7.05 Å². The number of fused-ring (bicyclic) bond motifs is 1. The minimum atomic E-state index is 0. The lowest BCUT2D eigenvalue weighted by Gasteiger charge is -2.28. The standard InChI is InChI=1S/C18H22N6O.ClH/c1-13-16-9-14(11-21-18(16)23(2)22-13)10-19-17-4-3-15(12-20-17)24-5-7-25-8-6-24;/h3-4,9,11-12H,5-8,10H2,1-2H3,(H,19,20);1H. The van der Waals surface area contributed by atoms with Gasteiger partial charge < -0.3 is 15.0 Å². The Bertz CT molecular complexity index is 873. The van der Waals surface area contributed by atoms with E-state index < -0.39 is 0 Å². The lowest BCUT2D eigenvalue weighted by Crippen LogP contribution is -2.36. The summed E-state index contributed by atoms with van der Waals surface area (Å²) in [7, 11) is 1.92. The van der Waals surface area contributed by atoms with Crippen LogP contribution in [0.3, 0.4) is 0 Å². The number of nitrogens with one attached hydrogen (secondary N) is 1. The second-order valence-electron chi connectivity index (χ2n) is 6.28. The Morgan fingerprint density at radius 3 is 2.69 bits per heavy atom. The quantitative estimate of drug-likeness (QED) is 0.757. The molecule has 1 fully saturated rings. The first-order valence-corrected chi connectivity index (χ1v) is 8.51. The first kappa shape index (κ1) is 18.4. The number of pyridine rings is 2. The molecule has 0 unspecified atom stereocenters. The number of nitrogens with zero attached hydrogens (tertiary/aromatic N) is 5. The van der Waals surface area contributed by atoms with Crippen LogP contribution in [0.2, 0.25) is 0 Å². The Kier molecular flexibility index (Phi) is 5.58. The van der Waals surface area contributed by atoms with E-state index in [9.17, 15) is 0 Å². The van der Waals surface area contributed by atoms with Crippen LogP contribution in [0, 0.1) is 6.92 Å². The summed E-state index contributed by atoms with van der Waals surface area (Å²) < 4.78 is 7.20. The predicted octanol–water partition coefficient (Wildman–Crippen LogP) is 2.54. The Balaban J connectivity index is 0.00000196. The molecule has 1 N–H and O–H groups in total. The minimum absolute atomic E-state index is 0. The Morgan fingerprint density at radius 1 is 1.15 bits per heavy atom. The minimum Gasteiger partial charge on any atom is -0.378 e. The van der Waals surface area contributed by atoms with Gasteiger partial charge in [0, 0.05) is 38.3 Å². The normalized spacial score (nSPS) is 14.3. The SMILES string of the molecule is Cc1nn(C)c2ncc(CNc3ccc(N4CCOCC4)cn3)cc12.Cl. The average molecular weight is 375 g/mol. The number of anilines is 2. The Hall–Kier alpha value is -2.38. The molecule has 0 atom stereocenters. The lowest BCUT2D eigenvalue weighted by molar-refractivity contribution is 0.122. The number of halogens is 1. The highest BCUT2D eigenvalue weighted by Crippen LogP contribution is 2.19. The highest BCUT2D eigenvalue weighted by molar-refractivity contribution is 5.85. The molecule has 0 radical (unpaired) electrons. The molecule has 4 rings (SSSR count). The molecule has 3 aromatic heterocycles. The number of hydrogen-bond acceptors (Lipinski definition) is 6. The summed E-state index contributed by atoms with van der Waals surface area (Å²) >= 11 is 0. The number of aromatic nitrogens is 4. The smallest absolute Gasteiger partial charge is 0.157 e. The fourth-order valence-corrected chi connectivity index (χ4v) is 3.14. The molecule has 0 aromatic carbocycles. The zero-order valence-corrected chi connectivity index (χ0v) is 15.8.